The van der Waals surface area contributed by atoms with Crippen LogP contribution in [0, 0.1) is 11.7 Å². The standard InChI is InChI=1S/C17H25FN2O2/c1-12-7-9-20(10-8-12)16(21)11-19-13(2)17-14(18)5-4-6-15(17)22-3/h4-6,12-13,19H,7-11H2,1-3H3/t13-/m0/s1. The fourth-order valence-electron chi connectivity index (χ4n) is 2.83. The lowest BCUT2D eigenvalue weighted by molar-refractivity contribution is -0.131. The zero-order valence-corrected chi connectivity index (χ0v) is 13.6. The van der Waals surface area contributed by atoms with E-state index >= 15 is 0 Å². The van der Waals surface area contributed by atoms with E-state index in [0.717, 1.165) is 25.9 Å². The molecule has 5 heteroatoms. The van der Waals surface area contributed by atoms with Crippen molar-refractivity contribution in [1.82, 2.24) is 10.2 Å². The summed E-state index contributed by atoms with van der Waals surface area (Å²) < 4.78 is 19.2. The summed E-state index contributed by atoms with van der Waals surface area (Å²) in [4.78, 5) is 14.1. The van der Waals surface area contributed by atoms with Crippen molar-refractivity contribution in [2.75, 3.05) is 26.7 Å². The average molecular weight is 308 g/mol. The lowest BCUT2D eigenvalue weighted by Gasteiger charge is -2.31. The minimum absolute atomic E-state index is 0.0778. The van der Waals surface area contributed by atoms with Crippen LogP contribution < -0.4 is 10.1 Å². The van der Waals surface area contributed by atoms with Crippen LogP contribution in [-0.2, 0) is 4.79 Å². The van der Waals surface area contributed by atoms with Crippen LogP contribution in [0.3, 0.4) is 0 Å². The van der Waals surface area contributed by atoms with Gasteiger partial charge in [-0.2, -0.15) is 0 Å². The molecule has 4 nitrogen and oxygen atoms in total. The number of carbonyl (C=O) groups is 1. The van der Waals surface area contributed by atoms with Crippen molar-refractivity contribution in [3.8, 4) is 5.75 Å². The lowest BCUT2D eigenvalue weighted by atomic mass is 9.99. The van der Waals surface area contributed by atoms with E-state index in [4.69, 9.17) is 4.74 Å². The highest BCUT2D eigenvalue weighted by molar-refractivity contribution is 5.78. The molecule has 1 aliphatic heterocycles. The highest BCUT2D eigenvalue weighted by atomic mass is 19.1. The van der Waals surface area contributed by atoms with Gasteiger partial charge in [0.05, 0.1) is 13.7 Å². The van der Waals surface area contributed by atoms with Crippen molar-refractivity contribution in [2.45, 2.75) is 32.7 Å². The highest BCUT2D eigenvalue weighted by Gasteiger charge is 2.22. The third kappa shape index (κ3) is 3.97. The molecule has 1 aromatic rings. The first-order chi connectivity index (χ1) is 10.5. The van der Waals surface area contributed by atoms with Gasteiger partial charge >= 0.3 is 0 Å². The third-order valence-corrected chi connectivity index (χ3v) is 4.36. The number of rotatable bonds is 5. The minimum Gasteiger partial charge on any atom is -0.496 e. The van der Waals surface area contributed by atoms with Crippen LogP contribution in [0.2, 0.25) is 0 Å². The fourth-order valence-corrected chi connectivity index (χ4v) is 2.83. The monoisotopic (exact) mass is 308 g/mol. The maximum absolute atomic E-state index is 14.0. The Kier molecular flexibility index (Phi) is 5.77. The number of benzene rings is 1. The number of carbonyl (C=O) groups excluding carboxylic acids is 1. The molecule has 1 saturated heterocycles. The summed E-state index contributed by atoms with van der Waals surface area (Å²) in [6.07, 6.45) is 2.12. The van der Waals surface area contributed by atoms with Crippen molar-refractivity contribution in [1.29, 1.82) is 0 Å². The summed E-state index contributed by atoms with van der Waals surface area (Å²) in [7, 11) is 1.52. The van der Waals surface area contributed by atoms with Crippen LogP contribution >= 0.6 is 0 Å². The summed E-state index contributed by atoms with van der Waals surface area (Å²) in [5, 5.41) is 3.11. The SMILES string of the molecule is COc1cccc(F)c1[C@H](C)NCC(=O)N1CCC(C)CC1. The Bertz CT molecular complexity index is 513. The number of halogens is 1. The van der Waals surface area contributed by atoms with E-state index < -0.39 is 0 Å². The molecule has 0 unspecified atom stereocenters. The summed E-state index contributed by atoms with van der Waals surface area (Å²) in [6.45, 7) is 5.91. The van der Waals surface area contributed by atoms with Gasteiger partial charge in [-0.3, -0.25) is 4.79 Å². The van der Waals surface area contributed by atoms with Crippen molar-refractivity contribution >= 4 is 5.91 Å². The van der Waals surface area contributed by atoms with Gasteiger partial charge in [-0.15, -0.1) is 0 Å². The molecule has 1 N–H and O–H groups in total. The van der Waals surface area contributed by atoms with E-state index in [9.17, 15) is 9.18 Å². The summed E-state index contributed by atoms with van der Waals surface area (Å²) >= 11 is 0. The molecule has 0 aliphatic carbocycles. The molecule has 122 valence electrons. The molecule has 0 saturated carbocycles. The van der Waals surface area contributed by atoms with Gasteiger partial charge in [0, 0.05) is 24.7 Å². The predicted octanol–water partition coefficient (Wildman–Crippen LogP) is 2.74. The van der Waals surface area contributed by atoms with E-state index in [0.29, 0.717) is 17.2 Å². The maximum Gasteiger partial charge on any atom is 0.236 e. The largest absolute Gasteiger partial charge is 0.496 e. The fraction of sp³-hybridized carbons (Fsp3) is 0.588. The van der Waals surface area contributed by atoms with Gasteiger partial charge in [-0.1, -0.05) is 13.0 Å². The van der Waals surface area contributed by atoms with Gasteiger partial charge in [0.1, 0.15) is 11.6 Å². The van der Waals surface area contributed by atoms with Crippen molar-refractivity contribution in [3.05, 3.63) is 29.6 Å². The van der Waals surface area contributed by atoms with E-state index in [2.05, 4.69) is 12.2 Å². The summed E-state index contributed by atoms with van der Waals surface area (Å²) in [5.41, 5.74) is 0.463. The first-order valence-electron chi connectivity index (χ1n) is 7.86. The molecule has 0 spiro atoms. The number of hydrogen-bond acceptors (Lipinski definition) is 3. The maximum atomic E-state index is 14.0. The first kappa shape index (κ1) is 16.7. The van der Waals surface area contributed by atoms with E-state index in [1.807, 2.05) is 11.8 Å². The molecular weight excluding hydrogens is 283 g/mol. The van der Waals surface area contributed by atoms with E-state index in [1.54, 1.807) is 12.1 Å². The molecule has 0 aromatic heterocycles. The molecule has 1 aromatic carbocycles. The van der Waals surface area contributed by atoms with Gasteiger partial charge in [0.15, 0.2) is 0 Å². The molecule has 0 radical (unpaired) electrons. The van der Waals surface area contributed by atoms with Gasteiger partial charge in [0.25, 0.3) is 0 Å². The molecular formula is C17H25FN2O2. The van der Waals surface area contributed by atoms with Crippen molar-refractivity contribution in [2.24, 2.45) is 5.92 Å². The number of piperidine rings is 1. The minimum atomic E-state index is -0.321. The Morgan fingerprint density at radius 2 is 2.14 bits per heavy atom. The molecule has 0 bridgehead atoms. The number of ether oxygens (including phenoxy) is 1. The lowest BCUT2D eigenvalue weighted by Crippen LogP contribution is -2.43. The van der Waals surface area contributed by atoms with Crippen molar-refractivity contribution in [3.63, 3.8) is 0 Å². The summed E-state index contributed by atoms with van der Waals surface area (Å²) in [5.74, 6) is 0.950. The van der Waals surface area contributed by atoms with E-state index in [1.165, 1.54) is 13.2 Å². The molecule has 1 amide bonds. The Morgan fingerprint density at radius 3 is 2.77 bits per heavy atom. The highest BCUT2D eigenvalue weighted by Crippen LogP contribution is 2.27. The Hall–Kier alpha value is -1.62. The predicted molar refractivity (Wildman–Crippen MR) is 84.3 cm³/mol. The molecule has 1 atom stereocenters. The van der Waals surface area contributed by atoms with Gasteiger partial charge < -0.3 is 15.0 Å². The molecule has 1 heterocycles. The quantitative estimate of drug-likeness (QED) is 0.909. The number of nitrogens with zero attached hydrogens (tertiary/aromatic N) is 1. The third-order valence-electron chi connectivity index (χ3n) is 4.36. The second kappa shape index (κ2) is 7.58. The van der Waals surface area contributed by atoms with Crippen molar-refractivity contribution < 1.29 is 13.9 Å². The van der Waals surface area contributed by atoms with Gasteiger partial charge in [-0.25, -0.2) is 4.39 Å². The van der Waals surface area contributed by atoms with Crippen LogP contribution in [-0.4, -0.2) is 37.6 Å². The van der Waals surface area contributed by atoms with Gasteiger partial charge in [-0.05, 0) is 37.8 Å². The normalized spacial score (nSPS) is 17.4. The number of hydrogen-bond donors (Lipinski definition) is 1. The van der Waals surface area contributed by atoms with Crippen LogP contribution in [0.4, 0.5) is 4.39 Å². The molecule has 1 aliphatic rings. The molecule has 1 fully saturated rings. The smallest absolute Gasteiger partial charge is 0.236 e. The molecule has 22 heavy (non-hydrogen) atoms. The van der Waals surface area contributed by atoms with Crippen LogP contribution in [0.25, 0.3) is 0 Å². The number of likely N-dealkylation sites (tertiary alicyclic amines) is 1. The molecule has 2 rings (SSSR count). The Labute approximate surface area is 131 Å². The Morgan fingerprint density at radius 1 is 1.45 bits per heavy atom. The average Bonchev–Trinajstić information content (AvgIpc) is 2.52. The number of amides is 1. The Balaban J connectivity index is 1.93. The number of methoxy groups -OCH3 is 1. The number of nitrogens with one attached hydrogen (secondary N) is 1. The van der Waals surface area contributed by atoms with E-state index in [-0.39, 0.29) is 24.3 Å². The second-order valence-electron chi connectivity index (χ2n) is 6.02. The zero-order chi connectivity index (χ0) is 16.1. The van der Waals surface area contributed by atoms with Crippen LogP contribution in [0.1, 0.15) is 38.3 Å². The zero-order valence-electron chi connectivity index (χ0n) is 13.6. The summed E-state index contributed by atoms with van der Waals surface area (Å²) in [6, 6.07) is 4.46. The van der Waals surface area contributed by atoms with Gasteiger partial charge in [0.2, 0.25) is 5.91 Å². The first-order valence-corrected chi connectivity index (χ1v) is 7.86. The van der Waals surface area contributed by atoms with Crippen LogP contribution in [0.5, 0.6) is 5.75 Å². The topological polar surface area (TPSA) is 41.6 Å². The van der Waals surface area contributed by atoms with Crippen LogP contribution in [0.15, 0.2) is 18.2 Å². The second-order valence-corrected chi connectivity index (χ2v) is 6.02.